The number of aryl methyl sites for hydroxylation is 1. The Morgan fingerprint density at radius 3 is 1.66 bits per heavy atom. The predicted octanol–water partition coefficient (Wildman–Crippen LogP) is 7.39. The number of rotatable bonds is 15. The van der Waals surface area contributed by atoms with Crippen LogP contribution < -0.4 is 30.7 Å². The van der Waals surface area contributed by atoms with Crippen LogP contribution in [-0.4, -0.2) is 126 Å². The van der Waals surface area contributed by atoms with Crippen LogP contribution in [0.5, 0.6) is 23.0 Å². The van der Waals surface area contributed by atoms with Crippen LogP contribution in [0.15, 0.2) is 95.1 Å². The van der Waals surface area contributed by atoms with Crippen LogP contribution in [0.3, 0.4) is 0 Å². The summed E-state index contributed by atoms with van der Waals surface area (Å²) in [6, 6.07) is 5.52. The Bertz CT molecular complexity index is 3530. The summed E-state index contributed by atoms with van der Waals surface area (Å²) >= 11 is 18.1. The molecule has 18 nitrogen and oxygen atoms in total. The average Bonchev–Trinajstić information content (AvgIpc) is 1.55. The van der Waals surface area contributed by atoms with Crippen molar-refractivity contribution in [3.63, 3.8) is 0 Å². The molecule has 3 heterocycles. The summed E-state index contributed by atoms with van der Waals surface area (Å²) in [4.78, 5) is 23.3. The van der Waals surface area contributed by atoms with Gasteiger partial charge in [-0.15, -0.1) is 6.58 Å². The van der Waals surface area contributed by atoms with Crippen LogP contribution in [0.2, 0.25) is 15.1 Å². The van der Waals surface area contributed by atoms with Crippen molar-refractivity contribution in [1.29, 1.82) is 10.5 Å². The van der Waals surface area contributed by atoms with E-state index in [1.807, 2.05) is 0 Å². The minimum Gasteiger partial charge on any atom is -0.456 e. The van der Waals surface area contributed by atoms with Gasteiger partial charge in [-0.05, 0) is 111 Å². The number of piperidine rings is 2. The van der Waals surface area contributed by atoms with E-state index in [2.05, 4.69) is 32.6 Å². The van der Waals surface area contributed by atoms with E-state index in [1.165, 1.54) is 30.3 Å². The number of carbonyl (C=O) groups is 2. The summed E-state index contributed by atoms with van der Waals surface area (Å²) in [7, 11) is -9.04. The molecule has 0 unspecified atom stereocenters. The van der Waals surface area contributed by atoms with Gasteiger partial charge in [0.05, 0.1) is 50.1 Å². The summed E-state index contributed by atoms with van der Waals surface area (Å²) in [5.74, 6) is -1.16. The van der Waals surface area contributed by atoms with Gasteiger partial charge in [0.15, 0.2) is 0 Å². The molecule has 0 radical (unpaired) electrons. The van der Waals surface area contributed by atoms with E-state index < -0.39 is 140 Å². The third kappa shape index (κ3) is 15.7. The molecule has 3 aliphatic rings. The number of urea groups is 2. The second-order valence-electron chi connectivity index (χ2n) is 15.4. The van der Waals surface area contributed by atoms with E-state index in [-0.39, 0.29) is 72.6 Å². The van der Waals surface area contributed by atoms with E-state index >= 15 is 0 Å². The Labute approximate surface area is 449 Å². The van der Waals surface area contributed by atoms with E-state index in [1.54, 1.807) is 31.2 Å². The lowest BCUT2D eigenvalue weighted by Gasteiger charge is -2.32. The number of nitriles is 2. The fourth-order valence-corrected chi connectivity index (χ4v) is 10.7. The van der Waals surface area contributed by atoms with E-state index in [9.17, 15) is 36.9 Å². The molecule has 0 bridgehead atoms. The van der Waals surface area contributed by atoms with Gasteiger partial charge >= 0.3 is 12.1 Å². The van der Waals surface area contributed by atoms with Gasteiger partial charge in [-0.25, -0.2) is 26.4 Å². The number of hydrogen-bond donors (Lipinski definition) is 4. The van der Waals surface area contributed by atoms with Gasteiger partial charge in [-0.2, -0.15) is 19.1 Å². The van der Waals surface area contributed by atoms with Crippen LogP contribution in [0.1, 0.15) is 61.6 Å². The fourth-order valence-electron chi connectivity index (χ4n) is 6.94. The van der Waals surface area contributed by atoms with Crippen molar-refractivity contribution in [2.45, 2.75) is 54.5 Å². The summed E-state index contributed by atoms with van der Waals surface area (Å²) in [5, 5.41) is 29.9. The van der Waals surface area contributed by atoms with Crippen molar-refractivity contribution in [2.24, 2.45) is 0 Å². The minimum atomic E-state index is -4.63. The summed E-state index contributed by atoms with van der Waals surface area (Å²) < 4.78 is 186. The maximum atomic E-state index is 13.9. The highest BCUT2D eigenvalue weighted by Crippen LogP contribution is 2.36. The lowest BCUT2D eigenvalue weighted by molar-refractivity contribution is 0.0387. The smallest absolute Gasteiger partial charge is 0.315 e. The first-order valence-corrected chi connectivity index (χ1v) is 25.3. The van der Waals surface area contributed by atoms with Gasteiger partial charge < -0.3 is 35.5 Å². The molecule has 0 saturated carbocycles. The molecule has 4 N–H and O–H groups in total. The summed E-state index contributed by atoms with van der Waals surface area (Å²) in [5.41, 5.74) is -0.478. The van der Waals surface area contributed by atoms with E-state index in [0.717, 1.165) is 8.61 Å². The molecule has 3 fully saturated rings. The second-order valence-corrected chi connectivity index (χ2v) is 20.5. The minimum absolute atomic E-state index is 0.0295. The third-order valence-electron chi connectivity index (χ3n) is 10.3. The Morgan fingerprint density at radius 2 is 1.21 bits per heavy atom. The largest absolute Gasteiger partial charge is 0.456 e. The first kappa shape index (κ1) is 38.0. The number of halogens is 3. The highest BCUT2D eigenvalue weighted by molar-refractivity contribution is 7.89. The van der Waals surface area contributed by atoms with Crippen molar-refractivity contribution >= 4 is 66.9 Å². The Morgan fingerprint density at radius 1 is 0.761 bits per heavy atom. The van der Waals surface area contributed by atoms with Gasteiger partial charge in [-0.1, -0.05) is 40.9 Å². The number of morpholine rings is 1. The third-order valence-corrected chi connectivity index (χ3v) is 14.6. The number of amides is 4. The van der Waals surface area contributed by atoms with Gasteiger partial charge in [-0.3, -0.25) is 4.90 Å². The molecule has 23 heteroatoms. The predicted molar refractivity (Wildman–Crippen MR) is 269 cm³/mol. The molecule has 4 aromatic carbocycles. The lowest BCUT2D eigenvalue weighted by Crippen LogP contribution is -2.50. The molecule has 4 amide bonds. The van der Waals surface area contributed by atoms with E-state index in [0.29, 0.717) is 34.9 Å². The zero-order valence-corrected chi connectivity index (χ0v) is 41.4. The number of benzene rings is 4. The first-order chi connectivity index (χ1) is 39.5. The van der Waals surface area contributed by atoms with Gasteiger partial charge in [0.1, 0.15) is 32.8 Å². The first-order valence-electron chi connectivity index (χ1n) is 28.3. The zero-order chi connectivity index (χ0) is 63.5. The van der Waals surface area contributed by atoms with Crippen LogP contribution in [-0.2, 0) is 24.8 Å². The van der Waals surface area contributed by atoms with Crippen LogP contribution in [0.25, 0.3) is 0 Å². The van der Waals surface area contributed by atoms with E-state index in [4.69, 9.17) is 63.5 Å². The van der Waals surface area contributed by atoms with Crippen molar-refractivity contribution in [1.82, 2.24) is 34.8 Å². The van der Waals surface area contributed by atoms with Crippen molar-refractivity contribution in [3.8, 4) is 35.1 Å². The molecule has 0 aromatic heterocycles. The highest BCUT2D eigenvalue weighted by Gasteiger charge is 2.34. The van der Waals surface area contributed by atoms with Crippen LogP contribution in [0, 0.1) is 29.6 Å². The summed E-state index contributed by atoms with van der Waals surface area (Å²) in [6.07, 6.45) is 2.28. The molecule has 7 rings (SSSR count). The SMILES string of the molecule is [2H]c1c([2H])c(Oc2cc(C)cc(Cl)c2)c(S(=O)(=O)N2CCC(NC(=O)NCC=C)CC2)c([2H])c1C#N.[2H]c1c([2H])c(Oc2cc(Cl)cc(Cl)c2)c(S(=O)(=O)N2CCC(NC(=O)NCCN3C([2H])([2H])C([2H])([2H])OC([2H])([2H])C3([2H])[2H])CC2)c([2H])c1C#N. The Hall–Kier alpha value is -5.65. The monoisotopic (exact) mass is 1080 g/mol. The molecule has 378 valence electrons. The Balaban J connectivity index is 0.000000285. The molecule has 3 saturated heterocycles. The second kappa shape index (κ2) is 25.6. The molecule has 3 aliphatic heterocycles. The number of ether oxygens (including phenoxy) is 3. The summed E-state index contributed by atoms with van der Waals surface area (Å²) in [6.45, 7) is -8.50. The van der Waals surface area contributed by atoms with Crippen molar-refractivity contribution in [3.05, 3.63) is 117 Å². The number of nitrogens with one attached hydrogen (secondary N) is 4. The number of sulfonamides is 2. The van der Waals surface area contributed by atoms with Crippen LogP contribution >= 0.6 is 34.8 Å². The molecule has 0 aliphatic carbocycles. The maximum Gasteiger partial charge on any atom is 0.315 e. The number of carbonyl (C=O) groups excluding carboxylic acids is 2. The van der Waals surface area contributed by atoms with Gasteiger partial charge in [0.2, 0.25) is 20.0 Å². The van der Waals surface area contributed by atoms with Gasteiger partial charge in [0, 0.05) is 91.4 Å². The molecule has 4 aromatic rings. The Kier molecular flexibility index (Phi) is 13.7. The number of hydrogen-bond acceptors (Lipinski definition) is 12. The zero-order valence-electron chi connectivity index (χ0n) is 51.5. The van der Waals surface area contributed by atoms with Crippen LogP contribution in [0.4, 0.5) is 9.59 Å². The molecular weight excluding hydrogens is 1020 g/mol. The van der Waals surface area contributed by atoms with Gasteiger partial charge in [0.25, 0.3) is 0 Å². The average molecular weight is 1090 g/mol. The lowest BCUT2D eigenvalue weighted by atomic mass is 10.1. The molecule has 0 spiro atoms. The maximum absolute atomic E-state index is 13.9. The molecular formula is C48H54Cl3N9O9S2. The normalized spacial score (nSPS) is 21.9. The number of nitrogens with zero attached hydrogens (tertiary/aromatic N) is 5. The molecule has 71 heavy (non-hydrogen) atoms. The topological polar surface area (TPSA) is 236 Å². The fraction of sp³-hybridized carbons (Fsp3) is 0.375. The van der Waals surface area contributed by atoms with Crippen molar-refractivity contribution in [2.75, 3.05) is 71.9 Å². The highest BCUT2D eigenvalue weighted by atomic mass is 35.5. The standard InChI is InChI=1S/C25H29Cl2N5O5S.C23H25ClN4O4S/c26-19-14-20(27)16-22(15-19)37-23-2-1-18(17-28)13-24(23)38(34,35)32-6-3-21(4-7-32)30-25(33)29-5-8-31-9-11-36-12-10-31;1-3-8-26-23(29)27-19-6-9-28(10-7-19)33(30,31)22-13-17(15-25)4-5-21(22)32-20-12-16(2)11-18(24)14-20/h1-2,13-16,21H,3-12H2,(H2,29,30,33);3-5,11-14,19H,1,6-10H2,2H3,(H2,26,27,29)/i1D,2D,9D2,10D2,11D2,12D2,13D;4D,5D,13D. The quantitative estimate of drug-likeness (QED) is 0.0853. The molecule has 0 atom stereocenters. The van der Waals surface area contributed by atoms with Crippen molar-refractivity contribution < 1.29 is 59.8 Å².